The molecule has 1 aliphatic carbocycles. The Balaban J connectivity index is 1.99. The van der Waals surface area contributed by atoms with Crippen LogP contribution in [0.25, 0.3) is 0 Å². The molecule has 1 amide bonds. The summed E-state index contributed by atoms with van der Waals surface area (Å²) in [5, 5.41) is 2.79. The quantitative estimate of drug-likeness (QED) is 0.746. The highest BCUT2D eigenvalue weighted by molar-refractivity contribution is 7.90. The highest BCUT2D eigenvalue weighted by Crippen LogP contribution is 2.24. The first-order valence-electron chi connectivity index (χ1n) is 6.86. The van der Waals surface area contributed by atoms with E-state index in [4.69, 9.17) is 5.73 Å². The SMILES string of the molecule is CN(CCNC(=O)c1cc(N)cc(S(C)(=O)=O)c1)C1CC1. The molecule has 1 fully saturated rings. The fourth-order valence-corrected chi connectivity index (χ4v) is 2.80. The Hall–Kier alpha value is -1.60. The van der Waals surface area contributed by atoms with E-state index in [1.807, 2.05) is 7.05 Å². The fourth-order valence-electron chi connectivity index (χ4n) is 2.11. The molecule has 116 valence electrons. The number of nitrogen functional groups attached to an aromatic ring is 1. The monoisotopic (exact) mass is 311 g/mol. The zero-order chi connectivity index (χ0) is 15.6. The van der Waals surface area contributed by atoms with E-state index in [2.05, 4.69) is 10.2 Å². The standard InChI is InChI=1S/C14H21N3O3S/c1-17(12-3-4-12)6-5-16-14(18)10-7-11(15)9-13(8-10)21(2,19)20/h7-9,12H,3-6,15H2,1-2H3,(H,16,18). The van der Waals surface area contributed by atoms with Gasteiger partial charge in [0.05, 0.1) is 4.90 Å². The van der Waals surface area contributed by atoms with Crippen LogP contribution in [0.2, 0.25) is 0 Å². The molecule has 3 N–H and O–H groups in total. The predicted molar refractivity (Wildman–Crippen MR) is 81.9 cm³/mol. The summed E-state index contributed by atoms with van der Waals surface area (Å²) in [4.78, 5) is 14.3. The van der Waals surface area contributed by atoms with Crippen molar-refractivity contribution in [1.82, 2.24) is 10.2 Å². The summed E-state index contributed by atoms with van der Waals surface area (Å²) in [6, 6.07) is 4.83. The second-order valence-electron chi connectivity index (χ2n) is 5.53. The fraction of sp³-hybridized carbons (Fsp3) is 0.500. The third-order valence-corrected chi connectivity index (χ3v) is 4.63. The van der Waals surface area contributed by atoms with Crippen molar-refractivity contribution in [2.75, 3.05) is 32.1 Å². The molecule has 0 atom stereocenters. The number of nitrogens with one attached hydrogen (secondary N) is 1. The Bertz CT molecular complexity index is 639. The van der Waals surface area contributed by atoms with Gasteiger partial charge < -0.3 is 16.0 Å². The number of amides is 1. The molecule has 0 heterocycles. The van der Waals surface area contributed by atoms with Crippen LogP contribution < -0.4 is 11.1 Å². The Morgan fingerprint density at radius 3 is 2.62 bits per heavy atom. The molecule has 0 radical (unpaired) electrons. The van der Waals surface area contributed by atoms with Crippen LogP contribution in [-0.2, 0) is 9.84 Å². The molecule has 1 aromatic rings. The highest BCUT2D eigenvalue weighted by atomic mass is 32.2. The van der Waals surface area contributed by atoms with E-state index in [0.29, 0.717) is 12.6 Å². The Morgan fingerprint density at radius 1 is 1.38 bits per heavy atom. The largest absolute Gasteiger partial charge is 0.399 e. The zero-order valence-electron chi connectivity index (χ0n) is 12.3. The van der Waals surface area contributed by atoms with Gasteiger partial charge in [0, 0.05) is 36.6 Å². The lowest BCUT2D eigenvalue weighted by Crippen LogP contribution is -2.34. The summed E-state index contributed by atoms with van der Waals surface area (Å²) < 4.78 is 23.1. The molecule has 7 heteroatoms. The minimum atomic E-state index is -3.39. The lowest BCUT2D eigenvalue weighted by molar-refractivity contribution is 0.0949. The van der Waals surface area contributed by atoms with Gasteiger partial charge >= 0.3 is 0 Å². The molecule has 0 aliphatic heterocycles. The molecule has 21 heavy (non-hydrogen) atoms. The number of hydrogen-bond acceptors (Lipinski definition) is 5. The van der Waals surface area contributed by atoms with E-state index in [9.17, 15) is 13.2 Å². The number of carbonyl (C=O) groups excluding carboxylic acids is 1. The van der Waals surface area contributed by atoms with Gasteiger partial charge in [0.25, 0.3) is 5.91 Å². The molecule has 0 unspecified atom stereocenters. The molecule has 2 rings (SSSR count). The van der Waals surface area contributed by atoms with E-state index < -0.39 is 9.84 Å². The van der Waals surface area contributed by atoms with Crippen molar-refractivity contribution in [1.29, 1.82) is 0 Å². The Labute approximate surface area is 125 Å². The average Bonchev–Trinajstić information content (AvgIpc) is 3.20. The first kappa shape index (κ1) is 15.8. The molecule has 1 aliphatic rings. The van der Waals surface area contributed by atoms with Crippen molar-refractivity contribution in [2.24, 2.45) is 0 Å². The Morgan fingerprint density at radius 2 is 2.05 bits per heavy atom. The summed E-state index contributed by atoms with van der Waals surface area (Å²) in [7, 11) is -1.35. The zero-order valence-corrected chi connectivity index (χ0v) is 13.1. The third-order valence-electron chi connectivity index (χ3n) is 3.54. The number of rotatable bonds is 6. The molecular formula is C14H21N3O3S. The van der Waals surface area contributed by atoms with Crippen molar-refractivity contribution in [3.8, 4) is 0 Å². The smallest absolute Gasteiger partial charge is 0.251 e. The highest BCUT2D eigenvalue weighted by Gasteiger charge is 2.25. The van der Waals surface area contributed by atoms with Crippen LogP contribution in [0.1, 0.15) is 23.2 Å². The van der Waals surface area contributed by atoms with Crippen molar-refractivity contribution in [3.63, 3.8) is 0 Å². The number of nitrogens with zero attached hydrogens (tertiary/aromatic N) is 1. The maximum absolute atomic E-state index is 12.1. The summed E-state index contributed by atoms with van der Waals surface area (Å²) in [6.45, 7) is 1.30. The van der Waals surface area contributed by atoms with Crippen molar-refractivity contribution < 1.29 is 13.2 Å². The summed E-state index contributed by atoms with van der Waals surface area (Å²) in [5.41, 5.74) is 6.20. The van der Waals surface area contributed by atoms with Crippen LogP contribution >= 0.6 is 0 Å². The van der Waals surface area contributed by atoms with Crippen LogP contribution in [0.3, 0.4) is 0 Å². The van der Waals surface area contributed by atoms with Crippen molar-refractivity contribution in [3.05, 3.63) is 23.8 Å². The van der Waals surface area contributed by atoms with Crippen LogP contribution in [0, 0.1) is 0 Å². The number of benzene rings is 1. The number of hydrogen-bond donors (Lipinski definition) is 2. The van der Waals surface area contributed by atoms with Crippen molar-refractivity contribution >= 4 is 21.4 Å². The number of likely N-dealkylation sites (N-methyl/N-ethyl adjacent to an activating group) is 1. The minimum absolute atomic E-state index is 0.0581. The number of carbonyl (C=O) groups is 1. The van der Waals surface area contributed by atoms with Gasteiger partial charge in [0.2, 0.25) is 0 Å². The van der Waals surface area contributed by atoms with Gasteiger partial charge in [-0.1, -0.05) is 0 Å². The number of nitrogens with two attached hydrogens (primary N) is 1. The van der Waals surface area contributed by atoms with Gasteiger partial charge in [-0.3, -0.25) is 4.79 Å². The maximum atomic E-state index is 12.1. The first-order chi connectivity index (χ1) is 9.77. The molecule has 0 aromatic heterocycles. The topological polar surface area (TPSA) is 92.5 Å². The molecule has 1 aromatic carbocycles. The van der Waals surface area contributed by atoms with Gasteiger partial charge in [0.15, 0.2) is 9.84 Å². The van der Waals surface area contributed by atoms with Crippen LogP contribution in [0.15, 0.2) is 23.1 Å². The van der Waals surface area contributed by atoms with Gasteiger partial charge in [0.1, 0.15) is 0 Å². The van der Waals surface area contributed by atoms with Crippen molar-refractivity contribution in [2.45, 2.75) is 23.8 Å². The molecule has 0 saturated heterocycles. The van der Waals surface area contributed by atoms with E-state index in [0.717, 1.165) is 12.8 Å². The lowest BCUT2D eigenvalue weighted by Gasteiger charge is -2.15. The molecule has 0 spiro atoms. The van der Waals surface area contributed by atoms with E-state index in [1.54, 1.807) is 0 Å². The summed E-state index contributed by atoms with van der Waals surface area (Å²) in [6.07, 6.45) is 3.53. The number of sulfone groups is 1. The Kier molecular flexibility index (Phi) is 4.53. The maximum Gasteiger partial charge on any atom is 0.251 e. The molecule has 6 nitrogen and oxygen atoms in total. The van der Waals surface area contributed by atoms with Gasteiger partial charge in [-0.25, -0.2) is 8.42 Å². The van der Waals surface area contributed by atoms with Gasteiger partial charge in [-0.2, -0.15) is 0 Å². The summed E-state index contributed by atoms with van der Waals surface area (Å²) >= 11 is 0. The van der Waals surface area contributed by atoms with Gasteiger partial charge in [-0.15, -0.1) is 0 Å². The van der Waals surface area contributed by atoms with E-state index in [1.165, 1.54) is 31.0 Å². The van der Waals surface area contributed by atoms with E-state index >= 15 is 0 Å². The molecule has 1 saturated carbocycles. The normalized spacial score (nSPS) is 15.2. The van der Waals surface area contributed by atoms with Crippen LogP contribution in [0.4, 0.5) is 5.69 Å². The first-order valence-corrected chi connectivity index (χ1v) is 8.75. The van der Waals surface area contributed by atoms with Crippen LogP contribution in [-0.4, -0.2) is 51.7 Å². The van der Waals surface area contributed by atoms with Crippen LogP contribution in [0.5, 0.6) is 0 Å². The van der Waals surface area contributed by atoms with Gasteiger partial charge in [-0.05, 0) is 38.1 Å². The average molecular weight is 311 g/mol. The number of anilines is 1. The second kappa shape index (κ2) is 6.03. The molecular weight excluding hydrogens is 290 g/mol. The second-order valence-corrected chi connectivity index (χ2v) is 7.55. The minimum Gasteiger partial charge on any atom is -0.399 e. The lowest BCUT2D eigenvalue weighted by atomic mass is 10.2. The third kappa shape index (κ3) is 4.44. The van der Waals surface area contributed by atoms with E-state index in [-0.39, 0.29) is 22.1 Å². The predicted octanol–water partition coefficient (Wildman–Crippen LogP) is 0.496. The summed E-state index contributed by atoms with van der Waals surface area (Å²) in [5.74, 6) is -0.309. The molecule has 0 bridgehead atoms.